The molecule has 0 spiro atoms. The van der Waals surface area contributed by atoms with Gasteiger partial charge >= 0.3 is 20.9 Å². The molecule has 42 heavy (non-hydrogen) atoms. The second-order valence-corrected chi connectivity index (χ2v) is 14.8. The van der Waals surface area contributed by atoms with Gasteiger partial charge in [-0.05, 0) is 27.7 Å². The number of aromatic amines is 1. The molecule has 2 unspecified atom stereocenters. The smallest absolute Gasteiger partial charge is 0.342 e. The first kappa shape index (κ1) is 33.6. The van der Waals surface area contributed by atoms with Crippen LogP contribution in [0.3, 0.4) is 0 Å². The monoisotopic (exact) mass is 644 g/mol. The lowest BCUT2D eigenvalue weighted by molar-refractivity contribution is -0.229. The van der Waals surface area contributed by atoms with Gasteiger partial charge < -0.3 is 52.0 Å². The highest BCUT2D eigenvalue weighted by atomic mass is 31.2. The lowest BCUT2D eigenvalue weighted by atomic mass is 10.1. The lowest BCUT2D eigenvalue weighted by Crippen LogP contribution is -2.37. The molecule has 0 saturated carbocycles. The Morgan fingerprint density at radius 3 is 2.10 bits per heavy atom. The molecule has 10 atom stereocenters. The zero-order chi connectivity index (χ0) is 30.9. The second-order valence-electron chi connectivity index (χ2n) is 10.2. The number of aromatic nitrogens is 2. The SMILES string of the molecule is CCOP(=O)(CP(=O)(OCC)OC[C@H]1O[C@@H](OC)[C@@H]2OC(C)(C)O[C@@H]21)OC[C@H]1O[C@@H](n2ccc(=O)[nH]c2=O)[C@H](O)[C@@H]1O. The maximum atomic E-state index is 13.7. The van der Waals surface area contributed by atoms with E-state index >= 15 is 0 Å². The van der Waals surface area contributed by atoms with E-state index in [1.807, 2.05) is 4.98 Å². The molecule has 17 nitrogen and oxygen atoms in total. The molecule has 4 rings (SSSR count). The van der Waals surface area contributed by atoms with Crippen LogP contribution in [0.5, 0.6) is 0 Å². The third-order valence-electron chi connectivity index (χ3n) is 6.67. The average molecular weight is 645 g/mol. The van der Waals surface area contributed by atoms with Crippen molar-refractivity contribution in [1.29, 1.82) is 0 Å². The summed E-state index contributed by atoms with van der Waals surface area (Å²) in [6.07, 6.45) is -7.36. The Labute approximate surface area is 241 Å². The Balaban J connectivity index is 1.42. The zero-order valence-corrected chi connectivity index (χ0v) is 25.6. The van der Waals surface area contributed by atoms with Crippen molar-refractivity contribution in [3.8, 4) is 0 Å². The minimum absolute atomic E-state index is 0.0550. The Hall–Kier alpha value is -1.30. The number of aliphatic hydroxyl groups excluding tert-OH is 2. The first-order valence-electron chi connectivity index (χ1n) is 13.4. The van der Waals surface area contributed by atoms with E-state index in [1.165, 1.54) is 7.11 Å². The number of hydrogen-bond donors (Lipinski definition) is 3. The molecule has 0 bridgehead atoms. The van der Waals surface area contributed by atoms with Crippen LogP contribution in [0.15, 0.2) is 21.9 Å². The molecule has 0 aliphatic carbocycles. The minimum Gasteiger partial charge on any atom is -0.387 e. The summed E-state index contributed by atoms with van der Waals surface area (Å²) < 4.78 is 78.7. The predicted octanol–water partition coefficient (Wildman–Crippen LogP) is 0.497. The quantitative estimate of drug-likeness (QED) is 0.235. The number of hydrogen-bond acceptors (Lipinski definition) is 15. The molecular formula is C23H38N2O15P2. The molecule has 3 fully saturated rings. The molecule has 1 aromatic heterocycles. The predicted molar refractivity (Wildman–Crippen MR) is 142 cm³/mol. The summed E-state index contributed by atoms with van der Waals surface area (Å²) in [6, 6.07) is 1.04. The fourth-order valence-electron chi connectivity index (χ4n) is 4.91. The van der Waals surface area contributed by atoms with Crippen LogP contribution in [-0.2, 0) is 50.9 Å². The second kappa shape index (κ2) is 13.4. The Kier molecular flexibility index (Phi) is 10.7. The summed E-state index contributed by atoms with van der Waals surface area (Å²) in [4.78, 5) is 25.5. The number of H-pyrrole nitrogens is 1. The van der Waals surface area contributed by atoms with E-state index in [2.05, 4.69) is 0 Å². The van der Waals surface area contributed by atoms with Gasteiger partial charge in [0.05, 0.1) is 26.4 Å². The number of aliphatic hydroxyl groups is 2. The van der Waals surface area contributed by atoms with E-state index in [1.54, 1.807) is 27.7 Å². The number of fused-ring (bicyclic) bond motifs is 1. The molecule has 0 radical (unpaired) electrons. The van der Waals surface area contributed by atoms with Crippen LogP contribution in [0.2, 0.25) is 0 Å². The van der Waals surface area contributed by atoms with Crippen LogP contribution >= 0.6 is 15.2 Å². The van der Waals surface area contributed by atoms with Gasteiger partial charge in [0.2, 0.25) is 0 Å². The van der Waals surface area contributed by atoms with Crippen LogP contribution in [0.1, 0.15) is 33.9 Å². The largest absolute Gasteiger partial charge is 0.387 e. The van der Waals surface area contributed by atoms with Crippen LogP contribution in [0.25, 0.3) is 0 Å². The molecular weight excluding hydrogens is 606 g/mol. The molecule has 19 heteroatoms. The lowest BCUT2D eigenvalue weighted by Gasteiger charge is -2.27. The minimum atomic E-state index is -4.22. The molecule has 1 aromatic rings. The number of rotatable bonds is 14. The van der Waals surface area contributed by atoms with Gasteiger partial charge in [0.1, 0.15) is 36.6 Å². The maximum absolute atomic E-state index is 13.7. The van der Waals surface area contributed by atoms with Gasteiger partial charge in [-0.1, -0.05) is 0 Å². The van der Waals surface area contributed by atoms with E-state index in [9.17, 15) is 28.9 Å². The van der Waals surface area contributed by atoms with Gasteiger partial charge in [0, 0.05) is 19.4 Å². The Morgan fingerprint density at radius 2 is 1.52 bits per heavy atom. The zero-order valence-electron chi connectivity index (χ0n) is 23.9. The number of nitrogens with zero attached hydrogens (tertiary/aromatic N) is 1. The molecule has 0 aromatic carbocycles. The molecule has 3 saturated heterocycles. The van der Waals surface area contributed by atoms with Crippen molar-refractivity contribution in [2.75, 3.05) is 39.4 Å². The third-order valence-corrected chi connectivity index (χ3v) is 11.8. The maximum Gasteiger partial charge on any atom is 0.342 e. The summed E-state index contributed by atoms with van der Waals surface area (Å²) in [5, 5.41) is 21.0. The van der Waals surface area contributed by atoms with Crippen molar-refractivity contribution >= 4 is 15.2 Å². The normalized spacial score (nSPS) is 35.1. The summed E-state index contributed by atoms with van der Waals surface area (Å²) in [5.41, 5.74) is -1.53. The highest BCUT2D eigenvalue weighted by Crippen LogP contribution is 2.64. The number of ether oxygens (including phenoxy) is 5. The van der Waals surface area contributed by atoms with E-state index in [4.69, 9.17) is 41.8 Å². The van der Waals surface area contributed by atoms with Crippen molar-refractivity contribution in [2.24, 2.45) is 0 Å². The van der Waals surface area contributed by atoms with Crippen LogP contribution in [0.4, 0.5) is 0 Å². The fraction of sp³-hybridized carbons (Fsp3) is 0.826. The summed E-state index contributed by atoms with van der Waals surface area (Å²) in [6.45, 7) is 5.58. The average Bonchev–Trinajstić information content (AvgIpc) is 3.50. The number of methoxy groups -OCH3 is 1. The third kappa shape index (κ3) is 7.49. The molecule has 240 valence electrons. The highest BCUT2D eigenvalue weighted by molar-refractivity contribution is 7.71. The molecule has 3 N–H and O–H groups in total. The summed E-state index contributed by atoms with van der Waals surface area (Å²) in [7, 11) is -6.91. The molecule has 4 heterocycles. The van der Waals surface area contributed by atoms with Crippen LogP contribution in [-0.4, -0.2) is 108 Å². The summed E-state index contributed by atoms with van der Waals surface area (Å²) >= 11 is 0. The van der Waals surface area contributed by atoms with Gasteiger partial charge in [0.25, 0.3) is 5.56 Å². The van der Waals surface area contributed by atoms with E-state index in [0.717, 1.165) is 16.8 Å². The first-order valence-corrected chi connectivity index (χ1v) is 16.8. The number of nitrogens with one attached hydrogen (secondary N) is 1. The van der Waals surface area contributed by atoms with Gasteiger partial charge in [-0.2, -0.15) is 0 Å². The van der Waals surface area contributed by atoms with Gasteiger partial charge in [0.15, 0.2) is 24.2 Å². The van der Waals surface area contributed by atoms with Crippen molar-refractivity contribution in [1.82, 2.24) is 9.55 Å². The van der Waals surface area contributed by atoms with Gasteiger partial charge in [-0.3, -0.25) is 23.5 Å². The van der Waals surface area contributed by atoms with Crippen molar-refractivity contribution in [3.05, 3.63) is 33.1 Å². The topological polar surface area (TPSA) is 213 Å². The van der Waals surface area contributed by atoms with E-state index in [-0.39, 0.29) is 19.8 Å². The van der Waals surface area contributed by atoms with Crippen molar-refractivity contribution in [2.45, 2.75) is 82.6 Å². The Bertz CT molecular complexity index is 1290. The van der Waals surface area contributed by atoms with Gasteiger partial charge in [-0.25, -0.2) is 4.79 Å². The molecule has 3 aliphatic heterocycles. The van der Waals surface area contributed by atoms with E-state index in [0.29, 0.717) is 0 Å². The highest BCUT2D eigenvalue weighted by Gasteiger charge is 2.56. The first-order chi connectivity index (χ1) is 19.7. The standard InChI is InChI=1S/C23H38N2O15P2/c1-6-33-41(30,35-10-13-16(27)17(28)20(37-13)25-9-8-15(26)24-22(25)29)12-42(31,34-7-2)36-11-14-18-19(21(32-5)38-14)40-23(3,4)39-18/h8-9,13-14,16-21,27-28H,6-7,10-12H2,1-5H3,(H,24,26,29)/t13-,14-,16-,17-,18-,19-,20-,21-,41?,42?/m1/s1. The van der Waals surface area contributed by atoms with Crippen molar-refractivity contribution < 1.29 is 61.1 Å². The van der Waals surface area contributed by atoms with Crippen LogP contribution in [0, 0.1) is 0 Å². The molecule has 3 aliphatic rings. The van der Waals surface area contributed by atoms with Crippen LogP contribution < -0.4 is 11.2 Å². The van der Waals surface area contributed by atoms with E-state index < -0.39 is 93.9 Å². The van der Waals surface area contributed by atoms with Crippen molar-refractivity contribution in [3.63, 3.8) is 0 Å². The van der Waals surface area contributed by atoms with Gasteiger partial charge in [-0.15, -0.1) is 0 Å². The molecule has 0 amide bonds. The summed E-state index contributed by atoms with van der Waals surface area (Å²) in [5.74, 6) is -1.69. The Morgan fingerprint density at radius 1 is 0.929 bits per heavy atom. The fourth-order valence-corrected chi connectivity index (χ4v) is 9.60.